The third-order valence-corrected chi connectivity index (χ3v) is 3.46. The highest BCUT2D eigenvalue weighted by Gasteiger charge is 1.96. The zero-order valence-corrected chi connectivity index (χ0v) is 13.5. The zero-order chi connectivity index (χ0) is 14.9. The fourth-order valence-corrected chi connectivity index (χ4v) is 2.25. The number of unbranched alkanes of at least 4 members (excludes halogenated alkanes) is 11. The van der Waals surface area contributed by atoms with Crippen molar-refractivity contribution in [2.24, 2.45) is 0 Å². The highest BCUT2D eigenvalue weighted by molar-refractivity contribution is 5.88. The second-order valence-electron chi connectivity index (χ2n) is 5.40. The molecule has 0 amide bonds. The molecule has 2 nitrogen and oxygen atoms in total. The van der Waals surface area contributed by atoms with Gasteiger partial charge in [0.1, 0.15) is 0 Å². The van der Waals surface area contributed by atoms with Crippen molar-refractivity contribution in [3.63, 3.8) is 0 Å². The average molecular weight is 280 g/mol. The summed E-state index contributed by atoms with van der Waals surface area (Å²) in [7, 11) is 0. The van der Waals surface area contributed by atoms with Gasteiger partial charge in [0.15, 0.2) is 0 Å². The number of rotatable bonds is 13. The minimum absolute atomic E-state index is 0.393. The van der Waals surface area contributed by atoms with Crippen LogP contribution in [0.1, 0.15) is 90.9 Å². The van der Waals surface area contributed by atoms with E-state index in [2.05, 4.69) is 18.8 Å². The van der Waals surface area contributed by atoms with Gasteiger partial charge in [-0.1, -0.05) is 83.5 Å². The smallest absolute Gasteiger partial charge is 0.384 e. The lowest BCUT2D eigenvalue weighted by atomic mass is 10.1. The lowest BCUT2D eigenvalue weighted by Gasteiger charge is -2.03. The van der Waals surface area contributed by atoms with E-state index >= 15 is 0 Å². The Labute approximate surface area is 125 Å². The summed E-state index contributed by atoms with van der Waals surface area (Å²) in [5.41, 5.74) is 0. The van der Waals surface area contributed by atoms with Crippen molar-refractivity contribution in [1.29, 1.82) is 0 Å². The predicted octanol–water partition coefficient (Wildman–Crippen LogP) is 5.25. The van der Waals surface area contributed by atoms with Crippen LogP contribution in [0.5, 0.6) is 0 Å². The second kappa shape index (κ2) is 16.1. The molecule has 116 valence electrons. The molecule has 2 heteroatoms. The molecule has 0 aromatic rings. The Kier molecular flexibility index (Phi) is 15.3. The van der Waals surface area contributed by atoms with E-state index in [1.165, 1.54) is 64.2 Å². The fourth-order valence-electron chi connectivity index (χ4n) is 2.25. The third kappa shape index (κ3) is 15.1. The maximum Gasteiger partial charge on any atom is 0.384 e. The third-order valence-electron chi connectivity index (χ3n) is 3.46. The van der Waals surface area contributed by atoms with Crippen LogP contribution in [0.4, 0.5) is 0 Å². The summed E-state index contributed by atoms with van der Waals surface area (Å²) in [5.74, 6) is 4.52. The van der Waals surface area contributed by atoms with Crippen LogP contribution in [0.3, 0.4) is 0 Å². The summed E-state index contributed by atoms with van der Waals surface area (Å²) in [6.45, 7) is 4.42. The Morgan fingerprint density at radius 1 is 0.800 bits per heavy atom. The van der Waals surface area contributed by atoms with Crippen LogP contribution < -0.4 is 0 Å². The maximum atomic E-state index is 10.9. The van der Waals surface area contributed by atoms with Crippen molar-refractivity contribution in [1.82, 2.24) is 0 Å². The van der Waals surface area contributed by atoms with Crippen molar-refractivity contribution >= 4 is 5.97 Å². The molecule has 0 saturated heterocycles. The van der Waals surface area contributed by atoms with Gasteiger partial charge < -0.3 is 4.74 Å². The topological polar surface area (TPSA) is 26.3 Å². The van der Waals surface area contributed by atoms with Crippen molar-refractivity contribution < 1.29 is 9.53 Å². The Hall–Kier alpha value is -0.970. The van der Waals surface area contributed by atoms with Crippen molar-refractivity contribution in [3.05, 3.63) is 0 Å². The van der Waals surface area contributed by atoms with Gasteiger partial charge in [0.25, 0.3) is 0 Å². The molecule has 0 bridgehead atoms. The minimum atomic E-state index is -0.393. The first-order valence-corrected chi connectivity index (χ1v) is 8.40. The maximum absolute atomic E-state index is 10.9. The molecule has 0 aliphatic carbocycles. The highest BCUT2D eigenvalue weighted by Crippen LogP contribution is 2.11. The molecule has 0 aromatic heterocycles. The Morgan fingerprint density at radius 3 is 1.70 bits per heavy atom. The van der Waals surface area contributed by atoms with Crippen LogP contribution in [-0.2, 0) is 9.53 Å². The summed E-state index contributed by atoms with van der Waals surface area (Å²) in [6, 6.07) is 0. The summed E-state index contributed by atoms with van der Waals surface area (Å²) in [4.78, 5) is 10.9. The van der Waals surface area contributed by atoms with Crippen molar-refractivity contribution in [2.75, 3.05) is 6.61 Å². The molecular formula is C18H32O2. The lowest BCUT2D eigenvalue weighted by Crippen LogP contribution is -2.02. The van der Waals surface area contributed by atoms with Gasteiger partial charge in [0.05, 0.1) is 6.61 Å². The number of carbonyl (C=O) groups excluding carboxylic acids is 1. The van der Waals surface area contributed by atoms with Gasteiger partial charge in [0.2, 0.25) is 0 Å². The summed E-state index contributed by atoms with van der Waals surface area (Å²) >= 11 is 0. The second-order valence-corrected chi connectivity index (χ2v) is 5.40. The van der Waals surface area contributed by atoms with Crippen LogP contribution in [0.25, 0.3) is 0 Å². The Balaban J connectivity index is 3.05. The van der Waals surface area contributed by atoms with E-state index in [4.69, 9.17) is 4.74 Å². The summed E-state index contributed by atoms with van der Waals surface area (Å²) < 4.78 is 4.96. The van der Waals surface area contributed by atoms with E-state index in [0.717, 1.165) is 12.8 Å². The number of ether oxygens (including phenoxy) is 1. The molecule has 20 heavy (non-hydrogen) atoms. The normalized spacial score (nSPS) is 9.90. The Bertz CT molecular complexity index is 273. The molecule has 0 rings (SSSR count). The molecule has 0 unspecified atom stereocenters. The SMILES string of the molecule is CC#CC(=O)OCCCCCCCCCCCCCC. The summed E-state index contributed by atoms with van der Waals surface area (Å²) in [5, 5.41) is 0. The minimum Gasteiger partial charge on any atom is -0.456 e. The molecule has 0 N–H and O–H groups in total. The lowest BCUT2D eigenvalue weighted by molar-refractivity contribution is -0.136. The molecule has 0 heterocycles. The number of carbonyl (C=O) groups is 1. The van der Waals surface area contributed by atoms with Gasteiger partial charge in [0, 0.05) is 5.92 Å². The van der Waals surface area contributed by atoms with Crippen LogP contribution in [-0.4, -0.2) is 12.6 Å². The van der Waals surface area contributed by atoms with E-state index in [1.807, 2.05) is 0 Å². The quantitative estimate of drug-likeness (QED) is 0.199. The molecule has 0 aliphatic heterocycles. The summed E-state index contributed by atoms with van der Waals surface area (Å²) in [6.07, 6.45) is 15.8. The molecule has 0 spiro atoms. The molecule has 0 aliphatic rings. The molecule has 0 fully saturated rings. The molecule has 0 aromatic carbocycles. The first kappa shape index (κ1) is 19.0. The van der Waals surface area contributed by atoms with Gasteiger partial charge in [-0.25, -0.2) is 4.79 Å². The fraction of sp³-hybridized carbons (Fsp3) is 0.833. The highest BCUT2D eigenvalue weighted by atomic mass is 16.5. The molecular weight excluding hydrogens is 248 g/mol. The average Bonchev–Trinajstić information content (AvgIpc) is 2.44. The largest absolute Gasteiger partial charge is 0.456 e. The van der Waals surface area contributed by atoms with Crippen LogP contribution >= 0.6 is 0 Å². The van der Waals surface area contributed by atoms with Crippen molar-refractivity contribution in [3.8, 4) is 11.8 Å². The molecule has 0 atom stereocenters. The van der Waals surface area contributed by atoms with Crippen molar-refractivity contribution in [2.45, 2.75) is 90.9 Å². The van der Waals surface area contributed by atoms with E-state index in [-0.39, 0.29) is 0 Å². The predicted molar refractivity (Wildman–Crippen MR) is 85.5 cm³/mol. The van der Waals surface area contributed by atoms with E-state index < -0.39 is 5.97 Å². The van der Waals surface area contributed by atoms with Gasteiger partial charge >= 0.3 is 5.97 Å². The van der Waals surface area contributed by atoms with Crippen LogP contribution in [0.2, 0.25) is 0 Å². The van der Waals surface area contributed by atoms with Gasteiger partial charge in [-0.05, 0) is 13.3 Å². The van der Waals surface area contributed by atoms with Gasteiger partial charge in [-0.15, -0.1) is 0 Å². The number of esters is 1. The monoisotopic (exact) mass is 280 g/mol. The Morgan fingerprint density at radius 2 is 1.25 bits per heavy atom. The first-order chi connectivity index (χ1) is 9.81. The molecule has 0 saturated carbocycles. The zero-order valence-electron chi connectivity index (χ0n) is 13.5. The number of hydrogen-bond acceptors (Lipinski definition) is 2. The van der Waals surface area contributed by atoms with E-state index in [1.54, 1.807) is 6.92 Å². The molecule has 0 radical (unpaired) electrons. The van der Waals surface area contributed by atoms with Crippen LogP contribution in [0, 0.1) is 11.8 Å². The van der Waals surface area contributed by atoms with Gasteiger partial charge in [-0.3, -0.25) is 0 Å². The van der Waals surface area contributed by atoms with Gasteiger partial charge in [-0.2, -0.15) is 0 Å². The number of hydrogen-bond donors (Lipinski definition) is 0. The van der Waals surface area contributed by atoms with Crippen LogP contribution in [0.15, 0.2) is 0 Å². The first-order valence-electron chi connectivity index (χ1n) is 8.40. The van der Waals surface area contributed by atoms with E-state index in [9.17, 15) is 4.79 Å². The van der Waals surface area contributed by atoms with E-state index in [0.29, 0.717) is 6.61 Å². The standard InChI is InChI=1S/C18H32O2/c1-3-5-6-7-8-9-10-11-12-13-14-15-17-20-18(19)16-4-2/h3,5-15,17H2,1-2H3.